The summed E-state index contributed by atoms with van der Waals surface area (Å²) < 4.78 is 5.37. The quantitative estimate of drug-likeness (QED) is 0.710. The molecule has 2 aromatic carbocycles. The van der Waals surface area contributed by atoms with Crippen LogP contribution in [0.15, 0.2) is 71.8 Å². The lowest BCUT2D eigenvalue weighted by molar-refractivity contribution is -0.450. The van der Waals surface area contributed by atoms with Crippen molar-refractivity contribution < 1.29 is 14.5 Å². The summed E-state index contributed by atoms with van der Waals surface area (Å²) in [7, 11) is 0. The highest BCUT2D eigenvalue weighted by Crippen LogP contribution is 2.42. The van der Waals surface area contributed by atoms with Crippen LogP contribution in [0.2, 0.25) is 0 Å². The van der Waals surface area contributed by atoms with Gasteiger partial charge in [0.25, 0.3) is 0 Å². The number of benzene rings is 2. The molecule has 0 amide bonds. The molecule has 0 bridgehead atoms. The molecule has 0 saturated heterocycles. The maximum absolute atomic E-state index is 12.8. The molecule has 0 spiro atoms. The third-order valence-corrected chi connectivity index (χ3v) is 5.58. The number of hydrogen-bond acceptors (Lipinski definition) is 3. The van der Waals surface area contributed by atoms with Gasteiger partial charge < -0.3 is 10.1 Å². The Morgan fingerprint density at radius 2 is 1.90 bits per heavy atom. The van der Waals surface area contributed by atoms with Crippen molar-refractivity contribution in [3.63, 3.8) is 0 Å². The third kappa shape index (κ3) is 4.11. The summed E-state index contributed by atoms with van der Waals surface area (Å²) in [5, 5.41) is 3.42. The third-order valence-electron chi connectivity index (χ3n) is 5.58. The topological polar surface area (TPSA) is 52.3 Å². The van der Waals surface area contributed by atoms with Crippen LogP contribution in [0.4, 0.5) is 5.69 Å². The van der Waals surface area contributed by atoms with Crippen LogP contribution in [-0.4, -0.2) is 31.4 Å². The summed E-state index contributed by atoms with van der Waals surface area (Å²) in [6.45, 7) is 8.15. The van der Waals surface area contributed by atoms with E-state index in [0.717, 1.165) is 42.0 Å². The molecule has 2 aromatic rings. The molecule has 4 rings (SSSR count). The lowest BCUT2D eigenvalue weighted by Crippen LogP contribution is -2.71. The number of carbonyl (C=O) groups is 1. The first kappa shape index (κ1) is 20.9. The Balaban J connectivity index is 1.95. The van der Waals surface area contributed by atoms with E-state index >= 15 is 0 Å². The molecular weight excluding hydrogens is 384 g/mol. The Bertz CT molecular complexity index is 1140. The van der Waals surface area contributed by atoms with Crippen LogP contribution in [-0.2, 0) is 11.2 Å². The van der Waals surface area contributed by atoms with Gasteiger partial charge in [0, 0.05) is 24.4 Å². The zero-order valence-corrected chi connectivity index (χ0v) is 18.4. The second-order valence-electron chi connectivity index (χ2n) is 7.62. The Morgan fingerprint density at radius 3 is 2.68 bits per heavy atom. The van der Waals surface area contributed by atoms with E-state index in [2.05, 4.69) is 60.6 Å². The largest absolute Gasteiger partial charge is 0.462 e. The van der Waals surface area contributed by atoms with Gasteiger partial charge in [0.05, 0.1) is 12.2 Å². The first-order valence-electron chi connectivity index (χ1n) is 11.0. The second kappa shape index (κ2) is 9.17. The lowest BCUT2D eigenvalue weighted by atomic mass is 9.76. The summed E-state index contributed by atoms with van der Waals surface area (Å²) in [6, 6.07) is 14.3. The number of nitrogens with one attached hydrogen (secondary N) is 2. The van der Waals surface area contributed by atoms with Crippen molar-refractivity contribution in [1.29, 1.82) is 0 Å². The van der Waals surface area contributed by atoms with E-state index in [1.165, 1.54) is 22.3 Å². The van der Waals surface area contributed by atoms with Crippen molar-refractivity contribution in [2.45, 2.75) is 27.2 Å². The molecule has 31 heavy (non-hydrogen) atoms. The standard InChI is InChI=1S/C27H28N2O2/c1-4-28-20-11-13-22-18(16-20)15-19-17-21(29-5-2)12-14-23(19)26(22)24-9-7-8-10-25(24)27(30)31-6-3/h7-14,16-17,28H,4-6,15H2,1-3H3/p+1. The van der Waals surface area contributed by atoms with Crippen LogP contribution in [0.5, 0.6) is 0 Å². The van der Waals surface area contributed by atoms with E-state index in [1.54, 1.807) is 0 Å². The minimum absolute atomic E-state index is 0.284. The summed E-state index contributed by atoms with van der Waals surface area (Å²) in [4.78, 5) is 16.2. The number of fused-ring (bicyclic) bond motifs is 2. The van der Waals surface area contributed by atoms with E-state index < -0.39 is 0 Å². The zero-order chi connectivity index (χ0) is 21.8. The van der Waals surface area contributed by atoms with Crippen LogP contribution < -0.4 is 10.3 Å². The highest BCUT2D eigenvalue weighted by atomic mass is 16.5. The fourth-order valence-electron chi connectivity index (χ4n) is 4.32. The minimum Gasteiger partial charge on any atom is -0.462 e. The molecule has 0 aromatic heterocycles. The van der Waals surface area contributed by atoms with Crippen molar-refractivity contribution in [3.05, 3.63) is 94.1 Å². The van der Waals surface area contributed by atoms with E-state index in [-0.39, 0.29) is 5.97 Å². The monoisotopic (exact) mass is 413 g/mol. The molecule has 4 nitrogen and oxygen atoms in total. The molecule has 4 heteroatoms. The van der Waals surface area contributed by atoms with Gasteiger partial charge in [0.15, 0.2) is 5.71 Å². The van der Waals surface area contributed by atoms with E-state index in [4.69, 9.17) is 4.74 Å². The molecule has 0 heterocycles. The van der Waals surface area contributed by atoms with Gasteiger partial charge in [-0.1, -0.05) is 24.3 Å². The average Bonchev–Trinajstić information content (AvgIpc) is 2.78. The number of rotatable bonds is 6. The molecule has 2 N–H and O–H groups in total. The average molecular weight is 414 g/mol. The molecule has 0 atom stereocenters. The predicted molar refractivity (Wildman–Crippen MR) is 126 cm³/mol. The number of anilines is 1. The van der Waals surface area contributed by atoms with Gasteiger partial charge in [-0.2, -0.15) is 0 Å². The van der Waals surface area contributed by atoms with Crippen LogP contribution in [0, 0.1) is 0 Å². The summed E-state index contributed by atoms with van der Waals surface area (Å²) in [5.74, 6) is -0.284. The SMILES string of the molecule is CCNc1ccc2c(c1)CC1=CC(=[NH+]CC)C=CC1=C2c1ccccc1C(=O)OCC. The molecule has 2 aliphatic rings. The van der Waals surface area contributed by atoms with Gasteiger partial charge >= 0.3 is 5.97 Å². The van der Waals surface area contributed by atoms with Gasteiger partial charge in [0.2, 0.25) is 0 Å². The maximum Gasteiger partial charge on any atom is 0.338 e. The molecule has 0 saturated carbocycles. The van der Waals surface area contributed by atoms with Gasteiger partial charge in [0.1, 0.15) is 6.54 Å². The second-order valence-corrected chi connectivity index (χ2v) is 7.62. The van der Waals surface area contributed by atoms with E-state index in [9.17, 15) is 4.79 Å². The Kier molecular flexibility index (Phi) is 6.17. The number of carbonyl (C=O) groups excluding carboxylic acids is 1. The van der Waals surface area contributed by atoms with Crippen molar-refractivity contribution >= 4 is 22.9 Å². The Morgan fingerprint density at radius 1 is 1.06 bits per heavy atom. The molecular formula is C27H29N2O2+. The van der Waals surface area contributed by atoms with Crippen LogP contribution in [0.3, 0.4) is 0 Å². The smallest absolute Gasteiger partial charge is 0.338 e. The van der Waals surface area contributed by atoms with Crippen molar-refractivity contribution in [2.75, 3.05) is 25.0 Å². The minimum atomic E-state index is -0.284. The molecule has 158 valence electrons. The first-order valence-corrected chi connectivity index (χ1v) is 11.0. The summed E-state index contributed by atoms with van der Waals surface area (Å²) >= 11 is 0. The first-order chi connectivity index (χ1) is 15.2. The van der Waals surface area contributed by atoms with Gasteiger partial charge in [-0.05, 0) is 84.9 Å². The fourth-order valence-corrected chi connectivity index (χ4v) is 4.32. The van der Waals surface area contributed by atoms with Crippen molar-refractivity contribution in [1.82, 2.24) is 0 Å². The molecule has 0 fully saturated rings. The van der Waals surface area contributed by atoms with Gasteiger partial charge in [-0.15, -0.1) is 0 Å². The molecule has 0 aliphatic heterocycles. The summed E-state index contributed by atoms with van der Waals surface area (Å²) in [5.41, 5.74) is 9.69. The number of ether oxygens (including phenoxy) is 1. The van der Waals surface area contributed by atoms with Gasteiger partial charge in [-0.3, -0.25) is 0 Å². The van der Waals surface area contributed by atoms with Gasteiger partial charge in [-0.25, -0.2) is 9.79 Å². The fraction of sp³-hybridized carbons (Fsp3) is 0.259. The maximum atomic E-state index is 12.8. The van der Waals surface area contributed by atoms with Crippen molar-refractivity contribution in [2.24, 2.45) is 0 Å². The number of esters is 1. The Hall–Kier alpha value is -3.40. The molecule has 0 unspecified atom stereocenters. The number of hydrogen-bond donors (Lipinski definition) is 2. The Labute approximate surface area is 184 Å². The molecule has 2 aliphatic carbocycles. The van der Waals surface area contributed by atoms with E-state index in [0.29, 0.717) is 12.2 Å². The van der Waals surface area contributed by atoms with Crippen LogP contribution >= 0.6 is 0 Å². The number of allylic oxidation sites excluding steroid dienone is 5. The highest BCUT2D eigenvalue weighted by molar-refractivity contribution is 6.07. The molecule has 0 radical (unpaired) electrons. The lowest BCUT2D eigenvalue weighted by Gasteiger charge is -2.27. The van der Waals surface area contributed by atoms with Crippen LogP contribution in [0.25, 0.3) is 5.57 Å². The van der Waals surface area contributed by atoms with E-state index in [1.807, 2.05) is 31.2 Å². The van der Waals surface area contributed by atoms with Crippen molar-refractivity contribution in [3.8, 4) is 0 Å². The predicted octanol–water partition coefficient (Wildman–Crippen LogP) is 3.69. The zero-order valence-electron chi connectivity index (χ0n) is 18.4. The van der Waals surface area contributed by atoms with Crippen LogP contribution in [0.1, 0.15) is 47.8 Å². The summed E-state index contributed by atoms with van der Waals surface area (Å²) in [6.07, 6.45) is 7.38. The normalized spacial score (nSPS) is 16.0. The highest BCUT2D eigenvalue weighted by Gasteiger charge is 2.28.